The lowest BCUT2D eigenvalue weighted by Crippen LogP contribution is -2.51. The third-order valence-corrected chi connectivity index (χ3v) is 6.94. The van der Waals surface area contributed by atoms with Gasteiger partial charge in [-0.15, -0.1) is 0 Å². The molecule has 0 unspecified atom stereocenters. The highest BCUT2D eigenvalue weighted by Crippen LogP contribution is 2.24. The largest absolute Gasteiger partial charge is 0.484 e. The van der Waals surface area contributed by atoms with E-state index in [1.165, 1.54) is 0 Å². The number of carbonyl (C=O) groups excluding carboxylic acids is 2. The van der Waals surface area contributed by atoms with Gasteiger partial charge < -0.3 is 15.0 Å². The Balaban J connectivity index is 1.90. The van der Waals surface area contributed by atoms with Crippen molar-refractivity contribution in [3.8, 4) is 5.75 Å². The van der Waals surface area contributed by atoms with Crippen molar-refractivity contribution in [2.24, 2.45) is 0 Å². The number of nitrogens with one attached hydrogen (secondary N) is 1. The van der Waals surface area contributed by atoms with Crippen LogP contribution in [-0.2, 0) is 22.6 Å². The van der Waals surface area contributed by atoms with Crippen LogP contribution in [0.15, 0.2) is 72.8 Å². The van der Waals surface area contributed by atoms with Crippen molar-refractivity contribution in [1.29, 1.82) is 0 Å². The molecule has 1 N–H and O–H groups in total. The maximum atomic E-state index is 13.6. The molecular formula is C28H29Cl2IN2O3. The van der Waals surface area contributed by atoms with Gasteiger partial charge in [-0.1, -0.05) is 72.9 Å². The van der Waals surface area contributed by atoms with Crippen molar-refractivity contribution in [2.45, 2.75) is 38.8 Å². The number of hydrogen-bond acceptors (Lipinski definition) is 3. The van der Waals surface area contributed by atoms with Gasteiger partial charge in [0.05, 0.1) is 0 Å². The molecule has 0 spiro atoms. The third-order valence-electron chi connectivity index (χ3n) is 5.63. The average molecular weight is 639 g/mol. The molecule has 3 rings (SSSR count). The Hall–Kier alpha value is -2.29. The van der Waals surface area contributed by atoms with Crippen molar-refractivity contribution in [1.82, 2.24) is 10.2 Å². The molecule has 190 valence electrons. The summed E-state index contributed by atoms with van der Waals surface area (Å²) in [5, 5.41) is 3.94. The average Bonchev–Trinajstić information content (AvgIpc) is 2.87. The van der Waals surface area contributed by atoms with Crippen molar-refractivity contribution in [2.75, 3.05) is 13.2 Å². The van der Waals surface area contributed by atoms with Crippen LogP contribution < -0.4 is 10.1 Å². The molecule has 0 radical (unpaired) electrons. The number of nitrogens with zero attached hydrogens (tertiary/aromatic N) is 1. The second-order valence-electron chi connectivity index (χ2n) is 8.35. The van der Waals surface area contributed by atoms with Gasteiger partial charge in [0, 0.05) is 33.1 Å². The fourth-order valence-corrected chi connectivity index (χ4v) is 4.48. The molecule has 0 aromatic heterocycles. The maximum Gasteiger partial charge on any atom is 0.261 e. The molecule has 36 heavy (non-hydrogen) atoms. The zero-order valence-electron chi connectivity index (χ0n) is 20.1. The van der Waals surface area contributed by atoms with E-state index in [-0.39, 0.29) is 25.0 Å². The topological polar surface area (TPSA) is 58.6 Å². The number of amides is 2. The number of unbranched alkanes of at least 4 members (excludes halogenated alkanes) is 1. The van der Waals surface area contributed by atoms with Gasteiger partial charge >= 0.3 is 0 Å². The molecular weight excluding hydrogens is 610 g/mol. The Morgan fingerprint density at radius 2 is 1.75 bits per heavy atom. The number of benzene rings is 3. The van der Waals surface area contributed by atoms with Crippen LogP contribution in [0.4, 0.5) is 0 Å². The highest BCUT2D eigenvalue weighted by molar-refractivity contribution is 14.1. The normalized spacial score (nSPS) is 11.6. The Morgan fingerprint density at radius 3 is 2.42 bits per heavy atom. The molecule has 0 aliphatic heterocycles. The Kier molecular flexibility index (Phi) is 11.4. The highest BCUT2D eigenvalue weighted by Gasteiger charge is 2.31. The standard InChI is InChI=1S/C28H29Cl2IN2O3/c1-2-3-15-32-28(35)26(16-20-7-5-4-6-8-20)33(18-21-9-10-22(29)17-25(21)30)27(34)19-36-24-13-11-23(31)12-14-24/h4-14,17,26H,2-3,15-16,18-19H2,1H3,(H,32,35)/t26-/m0/s1. The molecule has 0 saturated heterocycles. The molecule has 5 nitrogen and oxygen atoms in total. The Labute approximate surface area is 236 Å². The molecule has 0 heterocycles. The van der Waals surface area contributed by atoms with Crippen LogP contribution in [-0.4, -0.2) is 35.9 Å². The number of hydrogen-bond donors (Lipinski definition) is 1. The van der Waals surface area contributed by atoms with E-state index in [9.17, 15) is 9.59 Å². The van der Waals surface area contributed by atoms with Crippen LogP contribution in [0.3, 0.4) is 0 Å². The van der Waals surface area contributed by atoms with Crippen LogP contribution in [0.25, 0.3) is 0 Å². The molecule has 0 fully saturated rings. The number of carbonyl (C=O) groups is 2. The van der Waals surface area contributed by atoms with Crippen LogP contribution in [0.1, 0.15) is 30.9 Å². The van der Waals surface area contributed by atoms with E-state index >= 15 is 0 Å². The van der Waals surface area contributed by atoms with E-state index in [2.05, 4.69) is 34.8 Å². The van der Waals surface area contributed by atoms with Gasteiger partial charge in [-0.25, -0.2) is 0 Å². The molecule has 8 heteroatoms. The predicted molar refractivity (Wildman–Crippen MR) is 154 cm³/mol. The van der Waals surface area contributed by atoms with Crippen molar-refractivity contribution < 1.29 is 14.3 Å². The van der Waals surface area contributed by atoms with Crippen molar-refractivity contribution >= 4 is 57.6 Å². The minimum atomic E-state index is -0.746. The summed E-state index contributed by atoms with van der Waals surface area (Å²) in [7, 11) is 0. The first-order valence-electron chi connectivity index (χ1n) is 11.8. The summed E-state index contributed by atoms with van der Waals surface area (Å²) >= 11 is 14.8. The van der Waals surface area contributed by atoms with E-state index < -0.39 is 6.04 Å². The van der Waals surface area contributed by atoms with Gasteiger partial charge in [0.1, 0.15) is 11.8 Å². The summed E-state index contributed by atoms with van der Waals surface area (Å²) in [4.78, 5) is 28.5. The molecule has 3 aromatic rings. The molecule has 0 aliphatic rings. The van der Waals surface area contributed by atoms with E-state index in [1.54, 1.807) is 23.1 Å². The van der Waals surface area contributed by atoms with Gasteiger partial charge in [-0.2, -0.15) is 0 Å². The SMILES string of the molecule is CCCCNC(=O)[C@H](Cc1ccccc1)N(Cc1ccc(Cl)cc1Cl)C(=O)COc1ccc(I)cc1. The van der Waals surface area contributed by atoms with Gasteiger partial charge in [0.15, 0.2) is 6.61 Å². The van der Waals surface area contributed by atoms with E-state index in [1.807, 2.05) is 54.6 Å². The molecule has 1 atom stereocenters. The zero-order valence-corrected chi connectivity index (χ0v) is 23.7. The quantitative estimate of drug-likeness (QED) is 0.181. The van der Waals surface area contributed by atoms with Gasteiger partial charge in [-0.05, 0) is 76.5 Å². The third kappa shape index (κ3) is 8.68. The molecule has 3 aromatic carbocycles. The lowest BCUT2D eigenvalue weighted by Gasteiger charge is -2.31. The smallest absolute Gasteiger partial charge is 0.261 e. The maximum absolute atomic E-state index is 13.6. The van der Waals surface area contributed by atoms with Gasteiger partial charge in [0.2, 0.25) is 5.91 Å². The van der Waals surface area contributed by atoms with E-state index in [0.717, 1.165) is 22.0 Å². The van der Waals surface area contributed by atoms with E-state index in [0.29, 0.717) is 34.3 Å². The first kappa shape index (κ1) is 28.3. The van der Waals surface area contributed by atoms with Crippen LogP contribution in [0.5, 0.6) is 5.75 Å². The Bertz CT molecular complexity index is 1140. The molecule has 2 amide bonds. The predicted octanol–water partition coefficient (Wildman–Crippen LogP) is 6.53. The summed E-state index contributed by atoms with van der Waals surface area (Å²) in [5.41, 5.74) is 1.65. The molecule has 0 saturated carbocycles. The number of rotatable bonds is 12. The minimum Gasteiger partial charge on any atom is -0.484 e. The second-order valence-corrected chi connectivity index (χ2v) is 10.4. The summed E-state index contributed by atoms with van der Waals surface area (Å²) in [6, 6.07) is 21.5. The van der Waals surface area contributed by atoms with Crippen LogP contribution in [0.2, 0.25) is 10.0 Å². The summed E-state index contributed by atoms with van der Waals surface area (Å²) < 4.78 is 6.86. The van der Waals surface area contributed by atoms with Crippen LogP contribution in [0, 0.1) is 3.57 Å². The van der Waals surface area contributed by atoms with Crippen molar-refractivity contribution in [3.05, 3.63) is 97.5 Å². The lowest BCUT2D eigenvalue weighted by atomic mass is 10.0. The Morgan fingerprint density at radius 1 is 1.03 bits per heavy atom. The minimum absolute atomic E-state index is 0.142. The zero-order chi connectivity index (χ0) is 25.9. The highest BCUT2D eigenvalue weighted by atomic mass is 127. The fraction of sp³-hybridized carbons (Fsp3) is 0.286. The summed E-state index contributed by atoms with van der Waals surface area (Å²) in [5.74, 6) is 0.0615. The number of ether oxygens (including phenoxy) is 1. The van der Waals surface area contributed by atoms with E-state index in [4.69, 9.17) is 27.9 Å². The first-order valence-corrected chi connectivity index (χ1v) is 13.6. The van der Waals surface area contributed by atoms with Gasteiger partial charge in [0.25, 0.3) is 5.91 Å². The van der Waals surface area contributed by atoms with Crippen molar-refractivity contribution in [3.63, 3.8) is 0 Å². The number of halogens is 3. The van der Waals surface area contributed by atoms with Crippen LogP contribution >= 0.6 is 45.8 Å². The van der Waals surface area contributed by atoms with Gasteiger partial charge in [-0.3, -0.25) is 9.59 Å². The second kappa shape index (κ2) is 14.4. The lowest BCUT2D eigenvalue weighted by molar-refractivity contribution is -0.142. The first-order chi connectivity index (χ1) is 17.4. The molecule has 0 bridgehead atoms. The summed E-state index contributed by atoms with van der Waals surface area (Å²) in [6.45, 7) is 2.54. The molecule has 0 aliphatic carbocycles. The monoisotopic (exact) mass is 638 g/mol. The summed E-state index contributed by atoms with van der Waals surface area (Å²) in [6.07, 6.45) is 2.17. The fourth-order valence-electron chi connectivity index (χ4n) is 3.65.